The maximum absolute atomic E-state index is 4.58. The monoisotopic (exact) mass is 466 g/mol. The summed E-state index contributed by atoms with van der Waals surface area (Å²) in [6.07, 6.45) is 7.18. The van der Waals surface area contributed by atoms with Gasteiger partial charge in [0.15, 0.2) is 0 Å². The molecule has 172 valence electrons. The van der Waals surface area contributed by atoms with Gasteiger partial charge in [0.2, 0.25) is 0 Å². The van der Waals surface area contributed by atoms with E-state index in [1.54, 1.807) is 24.8 Å². The SMILES string of the molecule is c1ccc(N(c2ccc3cc(N(c4ccccn4)c4ccccn4)ccc3c2)c2ccccn2)nc1. The molecule has 0 aliphatic carbocycles. The summed E-state index contributed by atoms with van der Waals surface area (Å²) in [5, 5.41) is 2.21. The molecule has 0 amide bonds. The molecule has 6 rings (SSSR count). The van der Waals surface area contributed by atoms with Gasteiger partial charge < -0.3 is 0 Å². The van der Waals surface area contributed by atoms with E-state index >= 15 is 0 Å². The summed E-state index contributed by atoms with van der Waals surface area (Å²) >= 11 is 0. The second-order valence-electron chi connectivity index (χ2n) is 8.14. The number of aromatic nitrogens is 4. The second kappa shape index (κ2) is 9.64. The predicted molar refractivity (Wildman–Crippen MR) is 144 cm³/mol. The molecule has 0 unspecified atom stereocenters. The lowest BCUT2D eigenvalue weighted by atomic mass is 10.1. The molecule has 2 aromatic carbocycles. The number of hydrogen-bond donors (Lipinski definition) is 0. The van der Waals surface area contributed by atoms with Crippen LogP contribution < -0.4 is 9.80 Å². The molecule has 0 saturated heterocycles. The maximum Gasteiger partial charge on any atom is 0.138 e. The minimum Gasteiger partial charge on any atom is -0.279 e. The van der Waals surface area contributed by atoms with Crippen LogP contribution in [0.4, 0.5) is 34.6 Å². The lowest BCUT2D eigenvalue weighted by Gasteiger charge is -2.24. The molecular formula is C30H22N6. The number of pyridine rings is 4. The first kappa shape index (κ1) is 21.4. The van der Waals surface area contributed by atoms with Gasteiger partial charge in [0.1, 0.15) is 23.3 Å². The Morgan fingerprint density at radius 1 is 0.361 bits per heavy atom. The van der Waals surface area contributed by atoms with E-state index < -0.39 is 0 Å². The molecule has 4 aromatic heterocycles. The fourth-order valence-corrected chi connectivity index (χ4v) is 4.21. The molecule has 0 N–H and O–H groups in total. The highest BCUT2D eigenvalue weighted by Gasteiger charge is 2.17. The summed E-state index contributed by atoms with van der Waals surface area (Å²) in [7, 11) is 0. The minimum atomic E-state index is 0.809. The smallest absolute Gasteiger partial charge is 0.138 e. The number of hydrogen-bond acceptors (Lipinski definition) is 6. The van der Waals surface area contributed by atoms with Crippen LogP contribution in [0.1, 0.15) is 0 Å². The number of benzene rings is 2. The highest BCUT2D eigenvalue weighted by atomic mass is 15.2. The van der Waals surface area contributed by atoms with Crippen LogP contribution in [-0.4, -0.2) is 19.9 Å². The summed E-state index contributed by atoms with van der Waals surface area (Å²) in [5.41, 5.74) is 1.97. The second-order valence-corrected chi connectivity index (χ2v) is 8.14. The van der Waals surface area contributed by atoms with E-state index in [1.807, 2.05) is 72.8 Å². The van der Waals surface area contributed by atoms with Crippen molar-refractivity contribution in [3.05, 3.63) is 134 Å². The molecule has 0 atom stereocenters. The van der Waals surface area contributed by atoms with E-state index in [-0.39, 0.29) is 0 Å². The molecule has 6 aromatic rings. The molecule has 0 aliphatic heterocycles. The first-order chi connectivity index (χ1) is 17.9. The van der Waals surface area contributed by atoms with Crippen LogP contribution in [0.15, 0.2) is 134 Å². The van der Waals surface area contributed by atoms with Crippen LogP contribution in [0.25, 0.3) is 10.8 Å². The van der Waals surface area contributed by atoms with E-state index in [0.717, 1.165) is 45.4 Å². The maximum atomic E-state index is 4.58. The zero-order valence-electron chi connectivity index (χ0n) is 19.4. The van der Waals surface area contributed by atoms with Crippen molar-refractivity contribution in [2.45, 2.75) is 0 Å². The van der Waals surface area contributed by atoms with Crippen molar-refractivity contribution in [3.63, 3.8) is 0 Å². The van der Waals surface area contributed by atoms with Gasteiger partial charge in [-0.25, -0.2) is 19.9 Å². The normalized spacial score (nSPS) is 10.8. The van der Waals surface area contributed by atoms with Gasteiger partial charge in [0.25, 0.3) is 0 Å². The topological polar surface area (TPSA) is 58.0 Å². The van der Waals surface area contributed by atoms with Gasteiger partial charge in [-0.2, -0.15) is 0 Å². The molecule has 0 spiro atoms. The van der Waals surface area contributed by atoms with Gasteiger partial charge in [-0.3, -0.25) is 9.80 Å². The third-order valence-electron chi connectivity index (χ3n) is 5.84. The first-order valence-electron chi connectivity index (χ1n) is 11.6. The fraction of sp³-hybridized carbons (Fsp3) is 0. The Hall–Kier alpha value is -5.10. The molecule has 6 heteroatoms. The Bertz CT molecular complexity index is 1370. The number of rotatable bonds is 6. The average molecular weight is 467 g/mol. The Morgan fingerprint density at radius 2 is 0.694 bits per heavy atom. The third kappa shape index (κ3) is 4.23. The highest BCUT2D eigenvalue weighted by molar-refractivity contribution is 5.92. The minimum absolute atomic E-state index is 0.809. The quantitative estimate of drug-likeness (QED) is 0.256. The Labute approximate surface area is 209 Å². The van der Waals surface area contributed by atoms with Crippen LogP contribution in [0, 0.1) is 0 Å². The lowest BCUT2D eigenvalue weighted by molar-refractivity contribution is 1.12. The zero-order chi connectivity index (χ0) is 24.2. The number of fused-ring (bicyclic) bond motifs is 1. The van der Waals surface area contributed by atoms with Gasteiger partial charge in [0, 0.05) is 36.2 Å². The lowest BCUT2D eigenvalue weighted by Crippen LogP contribution is -2.13. The number of nitrogens with zero attached hydrogens (tertiary/aromatic N) is 6. The molecule has 0 radical (unpaired) electrons. The van der Waals surface area contributed by atoms with Crippen molar-refractivity contribution >= 4 is 45.4 Å². The Morgan fingerprint density at radius 3 is 0.972 bits per heavy atom. The molecule has 6 nitrogen and oxygen atoms in total. The molecule has 0 saturated carbocycles. The van der Waals surface area contributed by atoms with E-state index in [4.69, 9.17) is 0 Å². The number of anilines is 6. The summed E-state index contributed by atoms with van der Waals surface area (Å²) in [6, 6.07) is 36.3. The Balaban J connectivity index is 1.44. The third-order valence-corrected chi connectivity index (χ3v) is 5.84. The summed E-state index contributed by atoms with van der Waals surface area (Å²) in [5.74, 6) is 3.24. The van der Waals surface area contributed by atoms with Crippen molar-refractivity contribution in [1.29, 1.82) is 0 Å². The first-order valence-corrected chi connectivity index (χ1v) is 11.6. The standard InChI is InChI=1S/C30H22N6/c1-5-17-31-27(9-1)35(28-10-2-6-18-32-28)25-15-13-24-22-26(16-14-23(24)21-25)36(29-11-3-7-19-33-29)30-12-4-8-20-34-30/h1-22H. The summed E-state index contributed by atoms with van der Waals surface area (Å²) in [6.45, 7) is 0. The predicted octanol–water partition coefficient (Wildman–Crippen LogP) is 7.36. The van der Waals surface area contributed by atoms with E-state index in [0.29, 0.717) is 0 Å². The van der Waals surface area contributed by atoms with Crippen LogP contribution >= 0.6 is 0 Å². The van der Waals surface area contributed by atoms with Gasteiger partial charge >= 0.3 is 0 Å². The molecule has 4 heterocycles. The molecular weight excluding hydrogens is 444 g/mol. The van der Waals surface area contributed by atoms with Crippen molar-refractivity contribution in [1.82, 2.24) is 19.9 Å². The van der Waals surface area contributed by atoms with Gasteiger partial charge in [-0.1, -0.05) is 36.4 Å². The summed E-state index contributed by atoms with van der Waals surface area (Å²) in [4.78, 5) is 22.4. The van der Waals surface area contributed by atoms with Crippen LogP contribution in [-0.2, 0) is 0 Å². The average Bonchev–Trinajstić information content (AvgIpc) is 2.96. The molecule has 0 bridgehead atoms. The van der Waals surface area contributed by atoms with Crippen molar-refractivity contribution < 1.29 is 0 Å². The van der Waals surface area contributed by atoms with Crippen LogP contribution in [0.5, 0.6) is 0 Å². The van der Waals surface area contributed by atoms with Crippen molar-refractivity contribution in [3.8, 4) is 0 Å². The van der Waals surface area contributed by atoms with Crippen molar-refractivity contribution in [2.75, 3.05) is 9.80 Å². The van der Waals surface area contributed by atoms with Crippen molar-refractivity contribution in [2.24, 2.45) is 0 Å². The van der Waals surface area contributed by atoms with Gasteiger partial charge in [-0.15, -0.1) is 0 Å². The van der Waals surface area contributed by atoms with Crippen LogP contribution in [0.2, 0.25) is 0 Å². The largest absolute Gasteiger partial charge is 0.279 e. The van der Waals surface area contributed by atoms with Gasteiger partial charge in [-0.05, 0) is 83.6 Å². The van der Waals surface area contributed by atoms with E-state index in [1.165, 1.54) is 0 Å². The highest BCUT2D eigenvalue weighted by Crippen LogP contribution is 2.36. The molecule has 0 fully saturated rings. The van der Waals surface area contributed by atoms with E-state index in [2.05, 4.69) is 66.1 Å². The summed E-state index contributed by atoms with van der Waals surface area (Å²) < 4.78 is 0. The fourth-order valence-electron chi connectivity index (χ4n) is 4.21. The van der Waals surface area contributed by atoms with E-state index in [9.17, 15) is 0 Å². The van der Waals surface area contributed by atoms with Gasteiger partial charge in [0.05, 0.1) is 0 Å². The Kier molecular flexibility index (Phi) is 5.74. The van der Waals surface area contributed by atoms with Crippen LogP contribution in [0.3, 0.4) is 0 Å². The molecule has 36 heavy (non-hydrogen) atoms. The zero-order valence-corrected chi connectivity index (χ0v) is 19.4. The molecule has 0 aliphatic rings.